The maximum atomic E-state index is 9.45. The molecule has 1 aromatic heterocycles. The number of nitrogens with zero attached hydrogens (tertiary/aromatic N) is 3. The molecule has 0 atom stereocenters. The molecule has 4 nitrogen and oxygen atoms in total. The van der Waals surface area contributed by atoms with E-state index in [1.807, 2.05) is 18.2 Å². The van der Waals surface area contributed by atoms with Gasteiger partial charge in [-0.15, -0.1) is 5.10 Å². The monoisotopic (exact) mass is 253 g/mol. The summed E-state index contributed by atoms with van der Waals surface area (Å²) in [4.78, 5) is 0.798. The van der Waals surface area contributed by atoms with E-state index in [-0.39, 0.29) is 0 Å². The first-order chi connectivity index (χ1) is 9.08. The number of hydrogen-bond donors (Lipinski definition) is 1. The number of hydrogen-bond acceptors (Lipinski definition) is 3. The van der Waals surface area contributed by atoms with Gasteiger partial charge in [0.2, 0.25) is 0 Å². The van der Waals surface area contributed by atoms with Crippen LogP contribution in [0.5, 0.6) is 0 Å². The molecule has 0 saturated heterocycles. The fourth-order valence-corrected chi connectivity index (χ4v) is 2.35. The predicted molar refractivity (Wildman–Crippen MR) is 74.4 cm³/mol. The average molecular weight is 253 g/mol. The molecule has 2 aromatic carbocycles. The van der Waals surface area contributed by atoms with Gasteiger partial charge < -0.3 is 5.21 Å². The zero-order valence-corrected chi connectivity index (χ0v) is 11.2. The largest absolute Gasteiger partial charge is 0.410 e. The molecular weight excluding hydrogens is 238 g/mol. The van der Waals surface area contributed by atoms with Crippen molar-refractivity contribution in [3.63, 3.8) is 0 Å². The fraction of sp³-hybridized carbons (Fsp3) is 0.200. The molecule has 0 aliphatic heterocycles. The maximum Gasteiger partial charge on any atom is 0.130 e. The third-order valence-electron chi connectivity index (χ3n) is 3.80. The first-order valence-electron chi connectivity index (χ1n) is 6.20. The molecule has 0 bridgehead atoms. The quantitative estimate of drug-likeness (QED) is 0.677. The lowest BCUT2D eigenvalue weighted by Gasteiger charge is -2.11. The third kappa shape index (κ3) is 1.76. The van der Waals surface area contributed by atoms with Gasteiger partial charge in [0.05, 0.1) is 0 Å². The second-order valence-corrected chi connectivity index (χ2v) is 4.86. The minimum atomic E-state index is 0.616. The van der Waals surface area contributed by atoms with Crippen molar-refractivity contribution < 1.29 is 5.21 Å². The van der Waals surface area contributed by atoms with E-state index < -0.39 is 0 Å². The molecule has 4 heteroatoms. The lowest BCUT2D eigenvalue weighted by Crippen LogP contribution is -1.92. The molecule has 19 heavy (non-hydrogen) atoms. The van der Waals surface area contributed by atoms with Gasteiger partial charge in [0.15, 0.2) is 0 Å². The zero-order valence-electron chi connectivity index (χ0n) is 11.2. The van der Waals surface area contributed by atoms with E-state index in [1.165, 1.54) is 22.3 Å². The van der Waals surface area contributed by atoms with Gasteiger partial charge in [0.1, 0.15) is 11.0 Å². The van der Waals surface area contributed by atoms with Crippen LogP contribution in [-0.4, -0.2) is 20.4 Å². The Hall–Kier alpha value is -2.36. The molecule has 0 saturated carbocycles. The highest BCUT2D eigenvalue weighted by molar-refractivity contribution is 5.82. The van der Waals surface area contributed by atoms with Crippen molar-refractivity contribution >= 4 is 11.0 Å². The Morgan fingerprint density at radius 2 is 1.79 bits per heavy atom. The second kappa shape index (κ2) is 4.09. The minimum Gasteiger partial charge on any atom is -0.410 e. The summed E-state index contributed by atoms with van der Waals surface area (Å²) in [6.07, 6.45) is 0. The van der Waals surface area contributed by atoms with Gasteiger partial charge in [-0.05, 0) is 65.9 Å². The molecule has 0 radical (unpaired) electrons. The maximum absolute atomic E-state index is 9.45. The van der Waals surface area contributed by atoms with Crippen molar-refractivity contribution in [2.24, 2.45) is 0 Å². The summed E-state index contributed by atoms with van der Waals surface area (Å²) in [6, 6.07) is 10.0. The van der Waals surface area contributed by atoms with Crippen molar-refractivity contribution in [3.8, 4) is 11.1 Å². The van der Waals surface area contributed by atoms with E-state index in [2.05, 4.69) is 43.2 Å². The SMILES string of the molecule is Cc1ccc(-c2ccc3c(c2)nnn3O)c(C)c1C. The average Bonchev–Trinajstić information content (AvgIpc) is 2.77. The van der Waals surface area contributed by atoms with Gasteiger partial charge in [-0.3, -0.25) is 0 Å². The summed E-state index contributed by atoms with van der Waals surface area (Å²) < 4.78 is 0. The van der Waals surface area contributed by atoms with Crippen LogP contribution in [0.2, 0.25) is 0 Å². The van der Waals surface area contributed by atoms with Gasteiger partial charge in [0.25, 0.3) is 0 Å². The van der Waals surface area contributed by atoms with Crippen LogP contribution in [-0.2, 0) is 0 Å². The van der Waals surface area contributed by atoms with Crippen LogP contribution in [0.25, 0.3) is 22.2 Å². The third-order valence-corrected chi connectivity index (χ3v) is 3.80. The van der Waals surface area contributed by atoms with Crippen LogP contribution < -0.4 is 0 Å². The normalized spacial score (nSPS) is 11.1. The summed E-state index contributed by atoms with van der Waals surface area (Å²) in [5.41, 5.74) is 7.47. The van der Waals surface area contributed by atoms with Crippen molar-refractivity contribution in [1.29, 1.82) is 0 Å². The van der Waals surface area contributed by atoms with Crippen LogP contribution >= 0.6 is 0 Å². The summed E-state index contributed by atoms with van der Waals surface area (Å²) in [5, 5.41) is 17.0. The van der Waals surface area contributed by atoms with E-state index in [0.29, 0.717) is 11.0 Å². The summed E-state index contributed by atoms with van der Waals surface area (Å²) in [5.74, 6) is 0. The van der Waals surface area contributed by atoms with Gasteiger partial charge in [-0.1, -0.05) is 23.0 Å². The number of aryl methyl sites for hydroxylation is 1. The first-order valence-corrected chi connectivity index (χ1v) is 6.20. The fourth-order valence-electron chi connectivity index (χ4n) is 2.35. The topological polar surface area (TPSA) is 50.9 Å². The van der Waals surface area contributed by atoms with Crippen LogP contribution in [0.15, 0.2) is 30.3 Å². The van der Waals surface area contributed by atoms with E-state index in [9.17, 15) is 5.21 Å². The van der Waals surface area contributed by atoms with Crippen molar-refractivity contribution in [2.45, 2.75) is 20.8 Å². The summed E-state index contributed by atoms with van der Waals surface area (Å²) >= 11 is 0. The molecule has 0 fully saturated rings. The smallest absolute Gasteiger partial charge is 0.130 e. The molecule has 0 aliphatic rings. The molecule has 1 N–H and O–H groups in total. The Morgan fingerprint density at radius 1 is 1.00 bits per heavy atom. The molecule has 0 amide bonds. The standard InChI is InChI=1S/C15H15N3O/c1-9-4-6-13(11(3)10(9)2)12-5-7-15-14(8-12)16-17-18(15)19/h4-8,19H,1-3H3. The van der Waals surface area contributed by atoms with Gasteiger partial charge in [0, 0.05) is 0 Å². The summed E-state index contributed by atoms with van der Waals surface area (Å²) in [7, 11) is 0. The highest BCUT2D eigenvalue weighted by Gasteiger charge is 2.09. The molecule has 0 unspecified atom stereocenters. The Kier molecular flexibility index (Phi) is 2.52. The lowest BCUT2D eigenvalue weighted by molar-refractivity contribution is 0.155. The number of aromatic nitrogens is 3. The number of benzene rings is 2. The second-order valence-electron chi connectivity index (χ2n) is 4.86. The first kappa shape index (κ1) is 11.7. The van der Waals surface area contributed by atoms with Crippen LogP contribution in [0.4, 0.5) is 0 Å². The van der Waals surface area contributed by atoms with E-state index in [0.717, 1.165) is 10.4 Å². The zero-order chi connectivity index (χ0) is 13.6. The van der Waals surface area contributed by atoms with E-state index in [1.54, 1.807) is 0 Å². The van der Waals surface area contributed by atoms with Crippen LogP contribution in [0.1, 0.15) is 16.7 Å². The van der Waals surface area contributed by atoms with Crippen molar-refractivity contribution in [2.75, 3.05) is 0 Å². The number of fused-ring (bicyclic) bond motifs is 1. The molecule has 0 spiro atoms. The minimum absolute atomic E-state index is 0.616. The Labute approximate surface area is 111 Å². The van der Waals surface area contributed by atoms with Crippen LogP contribution in [0, 0.1) is 20.8 Å². The molecule has 3 aromatic rings. The van der Waals surface area contributed by atoms with E-state index in [4.69, 9.17) is 0 Å². The number of rotatable bonds is 1. The predicted octanol–water partition coefficient (Wildman–Crippen LogP) is 3.26. The van der Waals surface area contributed by atoms with Gasteiger partial charge in [-0.2, -0.15) is 0 Å². The van der Waals surface area contributed by atoms with Gasteiger partial charge >= 0.3 is 0 Å². The highest BCUT2D eigenvalue weighted by atomic mass is 16.5. The Bertz CT molecular complexity index is 774. The van der Waals surface area contributed by atoms with Crippen LogP contribution in [0.3, 0.4) is 0 Å². The van der Waals surface area contributed by atoms with Gasteiger partial charge in [-0.25, -0.2) is 0 Å². The molecule has 0 aliphatic carbocycles. The Morgan fingerprint density at radius 3 is 2.58 bits per heavy atom. The molecule has 3 rings (SSSR count). The highest BCUT2D eigenvalue weighted by Crippen LogP contribution is 2.29. The molecule has 1 heterocycles. The van der Waals surface area contributed by atoms with Crippen molar-refractivity contribution in [3.05, 3.63) is 47.0 Å². The Balaban J connectivity index is 2.22. The summed E-state index contributed by atoms with van der Waals surface area (Å²) in [6.45, 7) is 6.38. The molecule has 96 valence electrons. The van der Waals surface area contributed by atoms with Crippen molar-refractivity contribution in [1.82, 2.24) is 15.2 Å². The van der Waals surface area contributed by atoms with E-state index >= 15 is 0 Å². The molecular formula is C15H15N3O. The lowest BCUT2D eigenvalue weighted by atomic mass is 9.94.